The Bertz CT molecular complexity index is 669. The Kier molecular flexibility index (Phi) is 24.5. The minimum atomic E-state index is -4.74. The molecule has 0 aromatic heterocycles. The summed E-state index contributed by atoms with van der Waals surface area (Å²) in [5, 5.41) is 0.157. The van der Waals surface area contributed by atoms with Crippen molar-refractivity contribution in [2.45, 2.75) is 136 Å². The zero-order valence-corrected chi connectivity index (χ0v) is 25.2. The van der Waals surface area contributed by atoms with Gasteiger partial charge in [0.25, 0.3) is 0 Å². The van der Waals surface area contributed by atoms with Gasteiger partial charge in [0, 0.05) is 25.5 Å². The Morgan fingerprint density at radius 2 is 1.18 bits per heavy atom. The number of hydrogen-bond donors (Lipinski definition) is 2. The van der Waals surface area contributed by atoms with Gasteiger partial charge in [0.2, 0.25) is 0 Å². The minimum absolute atomic E-state index is 0.157. The Morgan fingerprint density at radius 1 is 0.711 bits per heavy atom. The van der Waals surface area contributed by atoms with Gasteiger partial charge in [-0.2, -0.15) is 0 Å². The molecule has 0 radical (unpaired) electrons. The van der Waals surface area contributed by atoms with Gasteiger partial charge in [-0.15, -0.1) is 0 Å². The van der Waals surface area contributed by atoms with Crippen LogP contribution in [-0.4, -0.2) is 51.9 Å². The van der Waals surface area contributed by atoms with E-state index in [1.807, 2.05) is 0 Å². The molecular formula is C27H51O9PS. The summed E-state index contributed by atoms with van der Waals surface area (Å²) < 4.78 is 26.0. The maximum absolute atomic E-state index is 12.2. The number of phosphoric ester groups is 1. The van der Waals surface area contributed by atoms with Crippen LogP contribution in [0.4, 0.5) is 0 Å². The predicted molar refractivity (Wildman–Crippen MR) is 151 cm³/mol. The molecule has 0 fully saturated rings. The second-order valence-corrected chi connectivity index (χ2v) is 12.2. The zero-order chi connectivity index (χ0) is 28.5. The summed E-state index contributed by atoms with van der Waals surface area (Å²) in [4.78, 5) is 53.1. The van der Waals surface area contributed by atoms with E-state index in [1.54, 1.807) is 6.92 Å². The number of thioether (sulfide) groups is 1. The molecule has 0 aliphatic carbocycles. The van der Waals surface area contributed by atoms with Crippen molar-refractivity contribution in [2.24, 2.45) is 0 Å². The Hall–Kier alpha value is -0.930. The van der Waals surface area contributed by atoms with E-state index in [-0.39, 0.29) is 24.6 Å². The number of unbranched alkanes of at least 4 members (excludes halogenated alkanes) is 14. The van der Waals surface area contributed by atoms with Crippen molar-refractivity contribution >= 4 is 36.6 Å². The van der Waals surface area contributed by atoms with Crippen molar-refractivity contribution in [2.75, 3.05) is 19.0 Å². The molecule has 2 N–H and O–H groups in total. The lowest BCUT2D eigenvalue weighted by Gasteiger charge is -2.18. The van der Waals surface area contributed by atoms with Crippen LogP contribution in [-0.2, 0) is 32.9 Å². The molecule has 0 spiro atoms. The highest BCUT2D eigenvalue weighted by atomic mass is 32.2. The summed E-state index contributed by atoms with van der Waals surface area (Å²) in [5.41, 5.74) is 0. The van der Waals surface area contributed by atoms with E-state index in [0.717, 1.165) is 63.5 Å². The number of phosphoric acid groups is 1. The first kappa shape index (κ1) is 37.1. The van der Waals surface area contributed by atoms with Gasteiger partial charge in [-0.05, 0) is 19.3 Å². The number of carbonyl (C=O) groups excluding carboxylic acids is 3. The number of carbonyl (C=O) groups is 3. The molecule has 11 heteroatoms. The van der Waals surface area contributed by atoms with Gasteiger partial charge in [-0.3, -0.25) is 18.9 Å². The van der Waals surface area contributed by atoms with Gasteiger partial charge in [0.15, 0.2) is 11.2 Å². The van der Waals surface area contributed by atoms with Crippen molar-refractivity contribution in [1.29, 1.82) is 0 Å². The maximum Gasteiger partial charge on any atom is 0.469 e. The molecule has 0 amide bonds. The Labute approximate surface area is 233 Å². The van der Waals surface area contributed by atoms with Gasteiger partial charge >= 0.3 is 19.8 Å². The standard InChI is InChI=1S/C27H51O9PS/c1-3-4-5-6-7-8-10-14-17-20-27(30)36-25(23-35-37(31,32)33)22-34-26(29)19-16-13-11-9-12-15-18-21-38-24(2)28/h25H,3-23H2,1-2H3,(H2,31,32,33)/t25-/m1/s1. The van der Waals surface area contributed by atoms with Crippen LogP contribution in [0.2, 0.25) is 0 Å². The first-order valence-electron chi connectivity index (χ1n) is 14.3. The van der Waals surface area contributed by atoms with Crippen molar-refractivity contribution in [1.82, 2.24) is 0 Å². The van der Waals surface area contributed by atoms with Crippen LogP contribution in [0.25, 0.3) is 0 Å². The van der Waals surface area contributed by atoms with E-state index in [4.69, 9.17) is 19.3 Å². The molecular weight excluding hydrogens is 531 g/mol. The lowest BCUT2D eigenvalue weighted by atomic mass is 10.1. The van der Waals surface area contributed by atoms with E-state index in [2.05, 4.69) is 11.4 Å². The number of esters is 2. The number of ether oxygens (including phenoxy) is 2. The average molecular weight is 583 g/mol. The van der Waals surface area contributed by atoms with Gasteiger partial charge in [-0.25, -0.2) is 4.57 Å². The third-order valence-electron chi connectivity index (χ3n) is 5.97. The number of rotatable bonds is 26. The third kappa shape index (κ3) is 28.1. The van der Waals surface area contributed by atoms with Gasteiger partial charge < -0.3 is 19.3 Å². The smallest absolute Gasteiger partial charge is 0.462 e. The van der Waals surface area contributed by atoms with Crippen LogP contribution < -0.4 is 0 Å². The van der Waals surface area contributed by atoms with Crippen molar-refractivity contribution < 1.29 is 42.7 Å². The Balaban J connectivity index is 4.06. The van der Waals surface area contributed by atoms with E-state index in [9.17, 15) is 18.9 Å². The molecule has 0 saturated heterocycles. The maximum atomic E-state index is 12.2. The van der Waals surface area contributed by atoms with Crippen LogP contribution in [0.1, 0.15) is 129 Å². The molecule has 224 valence electrons. The predicted octanol–water partition coefficient (Wildman–Crippen LogP) is 6.87. The van der Waals surface area contributed by atoms with Crippen LogP contribution >= 0.6 is 19.6 Å². The number of hydrogen-bond acceptors (Lipinski definition) is 8. The molecule has 0 saturated carbocycles. The molecule has 0 bridgehead atoms. The van der Waals surface area contributed by atoms with Crippen molar-refractivity contribution in [3.05, 3.63) is 0 Å². The fourth-order valence-corrected chi connectivity index (χ4v) is 4.85. The first-order chi connectivity index (χ1) is 18.1. The zero-order valence-electron chi connectivity index (χ0n) is 23.5. The van der Waals surface area contributed by atoms with Crippen LogP contribution in [0.15, 0.2) is 0 Å². The molecule has 0 rings (SSSR count). The molecule has 0 aliphatic rings. The quantitative estimate of drug-likeness (QED) is 0.0631. The SMILES string of the molecule is CCCCCCCCCCCC(=O)O[C@H](COC(=O)CCCCCCCCCSC(C)=O)COP(=O)(O)O. The van der Waals surface area contributed by atoms with Gasteiger partial charge in [0.05, 0.1) is 6.61 Å². The molecule has 1 atom stereocenters. The van der Waals surface area contributed by atoms with E-state index in [1.165, 1.54) is 43.9 Å². The van der Waals surface area contributed by atoms with Gasteiger partial charge in [-0.1, -0.05) is 102 Å². The lowest BCUT2D eigenvalue weighted by Crippen LogP contribution is -2.29. The van der Waals surface area contributed by atoms with E-state index < -0.39 is 32.5 Å². The average Bonchev–Trinajstić information content (AvgIpc) is 2.85. The topological polar surface area (TPSA) is 136 Å². The molecule has 0 aromatic carbocycles. The highest BCUT2D eigenvalue weighted by molar-refractivity contribution is 8.13. The molecule has 0 aromatic rings. The normalized spacial score (nSPS) is 12.3. The first-order valence-corrected chi connectivity index (χ1v) is 16.8. The molecule has 0 unspecified atom stereocenters. The molecule has 9 nitrogen and oxygen atoms in total. The molecule has 0 heterocycles. The van der Waals surface area contributed by atoms with Crippen LogP contribution in [0.5, 0.6) is 0 Å². The van der Waals surface area contributed by atoms with Crippen molar-refractivity contribution in [3.8, 4) is 0 Å². The molecule has 0 aliphatic heterocycles. The third-order valence-corrected chi connectivity index (χ3v) is 7.36. The highest BCUT2D eigenvalue weighted by Crippen LogP contribution is 2.35. The fraction of sp³-hybridized carbons (Fsp3) is 0.889. The summed E-state index contributed by atoms with van der Waals surface area (Å²) in [5.74, 6) is -0.0683. The monoisotopic (exact) mass is 582 g/mol. The van der Waals surface area contributed by atoms with Crippen molar-refractivity contribution in [3.63, 3.8) is 0 Å². The second-order valence-electron chi connectivity index (χ2n) is 9.72. The lowest BCUT2D eigenvalue weighted by molar-refractivity contribution is -0.161. The van der Waals surface area contributed by atoms with Gasteiger partial charge in [0.1, 0.15) is 6.61 Å². The summed E-state index contributed by atoms with van der Waals surface area (Å²) in [6.07, 6.45) is 16.3. The van der Waals surface area contributed by atoms with Crippen LogP contribution in [0.3, 0.4) is 0 Å². The summed E-state index contributed by atoms with van der Waals surface area (Å²) in [6, 6.07) is 0. The molecule has 38 heavy (non-hydrogen) atoms. The van der Waals surface area contributed by atoms with Crippen LogP contribution in [0, 0.1) is 0 Å². The largest absolute Gasteiger partial charge is 0.469 e. The summed E-state index contributed by atoms with van der Waals surface area (Å²) >= 11 is 1.36. The fourth-order valence-electron chi connectivity index (χ4n) is 3.85. The summed E-state index contributed by atoms with van der Waals surface area (Å²) in [7, 11) is -4.74. The van der Waals surface area contributed by atoms with E-state index >= 15 is 0 Å². The summed E-state index contributed by atoms with van der Waals surface area (Å²) in [6.45, 7) is 2.92. The minimum Gasteiger partial charge on any atom is -0.462 e. The second kappa shape index (κ2) is 25.1. The van der Waals surface area contributed by atoms with E-state index in [0.29, 0.717) is 12.8 Å². The highest BCUT2D eigenvalue weighted by Gasteiger charge is 2.22. The Morgan fingerprint density at radius 3 is 1.68 bits per heavy atom.